The van der Waals surface area contributed by atoms with Crippen molar-refractivity contribution >= 4 is 21.8 Å². The molecule has 0 aromatic heterocycles. The van der Waals surface area contributed by atoms with E-state index in [1.165, 1.54) is 0 Å². The molecule has 0 amide bonds. The largest absolute Gasteiger partial charge is 0.253 e. The first-order valence-corrected chi connectivity index (χ1v) is 11.2. The van der Waals surface area contributed by atoms with Crippen LogP contribution in [0, 0.1) is 13.8 Å². The van der Waals surface area contributed by atoms with Crippen molar-refractivity contribution in [2.45, 2.75) is 35.1 Å². The molecule has 0 radical (unpaired) electrons. The molecule has 0 N–H and O–H groups in total. The van der Waals surface area contributed by atoms with Gasteiger partial charge in [-0.05, 0) is 43.7 Å². The molecule has 0 aliphatic carbocycles. The molecule has 1 fully saturated rings. The Kier molecular flexibility index (Phi) is 5.08. The van der Waals surface area contributed by atoms with Gasteiger partial charge in [-0.3, -0.25) is 4.21 Å². The van der Waals surface area contributed by atoms with E-state index in [0.29, 0.717) is 0 Å². The molecule has 3 aromatic carbocycles. The van der Waals surface area contributed by atoms with Crippen LogP contribution in [-0.2, 0) is 21.8 Å². The van der Waals surface area contributed by atoms with Crippen LogP contribution < -0.4 is 0 Å². The molecule has 1 saturated heterocycles. The summed E-state index contributed by atoms with van der Waals surface area (Å²) in [4.78, 5) is 1.51. The highest BCUT2D eigenvalue weighted by Gasteiger charge is 2.56. The number of benzene rings is 3. The van der Waals surface area contributed by atoms with E-state index in [2.05, 4.69) is 0 Å². The lowest BCUT2D eigenvalue weighted by Gasteiger charge is -2.05. The third kappa shape index (κ3) is 3.68. The van der Waals surface area contributed by atoms with E-state index in [4.69, 9.17) is 0 Å². The zero-order valence-electron chi connectivity index (χ0n) is 15.2. The van der Waals surface area contributed by atoms with Crippen LogP contribution >= 0.6 is 0 Å². The Labute approximate surface area is 165 Å². The van der Waals surface area contributed by atoms with E-state index in [1.807, 2.05) is 97.0 Å². The molecule has 1 heterocycles. The SMILES string of the molecule is Cc1ccc(S(=O)[C@H]2[C@@H](c3ccccc3)N2S(=O)c2ccc(C)cc2)cc1. The van der Waals surface area contributed by atoms with Crippen molar-refractivity contribution in [1.29, 1.82) is 0 Å². The molecule has 1 aliphatic rings. The predicted molar refractivity (Wildman–Crippen MR) is 110 cm³/mol. The van der Waals surface area contributed by atoms with Crippen molar-refractivity contribution in [3.63, 3.8) is 0 Å². The minimum Gasteiger partial charge on any atom is -0.253 e. The number of hydrogen-bond donors (Lipinski definition) is 0. The minimum absolute atomic E-state index is 0.115. The second kappa shape index (κ2) is 7.50. The highest BCUT2D eigenvalue weighted by atomic mass is 32.2. The molecule has 3 aromatic rings. The fourth-order valence-corrected chi connectivity index (χ4v) is 6.46. The lowest BCUT2D eigenvalue weighted by molar-refractivity contribution is 0.641. The molecular formula is C22H21NO2S2. The minimum atomic E-state index is -1.35. The van der Waals surface area contributed by atoms with Gasteiger partial charge in [0.1, 0.15) is 16.4 Å². The summed E-state index contributed by atoms with van der Waals surface area (Å²) in [6.45, 7) is 4.02. The van der Waals surface area contributed by atoms with E-state index < -0.39 is 21.8 Å². The van der Waals surface area contributed by atoms with Gasteiger partial charge in [0.2, 0.25) is 0 Å². The van der Waals surface area contributed by atoms with Crippen LogP contribution in [0.15, 0.2) is 88.7 Å². The second-order valence-electron chi connectivity index (χ2n) is 6.78. The summed E-state index contributed by atoms with van der Waals surface area (Å²) in [5.74, 6) is 0. The maximum atomic E-state index is 13.2. The average Bonchev–Trinajstić information content (AvgIpc) is 3.44. The molecule has 27 heavy (non-hydrogen) atoms. The Bertz CT molecular complexity index is 922. The Morgan fingerprint density at radius 2 is 1.22 bits per heavy atom. The lowest BCUT2D eigenvalue weighted by atomic mass is 10.2. The van der Waals surface area contributed by atoms with Crippen LogP contribution in [0.1, 0.15) is 22.7 Å². The number of nitrogens with zero attached hydrogens (tertiary/aromatic N) is 1. The molecule has 1 aliphatic heterocycles. The van der Waals surface area contributed by atoms with E-state index in [-0.39, 0.29) is 11.4 Å². The highest BCUT2D eigenvalue weighted by Crippen LogP contribution is 2.49. The highest BCUT2D eigenvalue weighted by molar-refractivity contribution is 7.88. The van der Waals surface area contributed by atoms with Crippen molar-refractivity contribution in [1.82, 2.24) is 4.31 Å². The van der Waals surface area contributed by atoms with Crippen molar-refractivity contribution in [2.75, 3.05) is 0 Å². The molecular weight excluding hydrogens is 374 g/mol. The van der Waals surface area contributed by atoms with Crippen LogP contribution in [0.25, 0.3) is 0 Å². The summed E-state index contributed by atoms with van der Waals surface area (Å²) >= 11 is 0. The van der Waals surface area contributed by atoms with Crippen LogP contribution in [0.2, 0.25) is 0 Å². The summed E-state index contributed by atoms with van der Waals surface area (Å²) in [7, 11) is -2.61. The fourth-order valence-electron chi connectivity index (χ4n) is 3.15. The first-order valence-electron chi connectivity index (χ1n) is 8.85. The Morgan fingerprint density at radius 1 is 0.704 bits per heavy atom. The van der Waals surface area contributed by atoms with Crippen molar-refractivity contribution < 1.29 is 8.42 Å². The van der Waals surface area contributed by atoms with Gasteiger partial charge in [0.05, 0.1) is 21.7 Å². The molecule has 0 saturated carbocycles. The van der Waals surface area contributed by atoms with Crippen LogP contribution in [0.4, 0.5) is 0 Å². The van der Waals surface area contributed by atoms with Crippen molar-refractivity contribution in [3.05, 3.63) is 95.6 Å². The average molecular weight is 396 g/mol. The molecule has 3 nitrogen and oxygen atoms in total. The maximum absolute atomic E-state index is 13.2. The number of aryl methyl sites for hydroxylation is 2. The Morgan fingerprint density at radius 3 is 1.78 bits per heavy atom. The summed E-state index contributed by atoms with van der Waals surface area (Å²) in [6.07, 6.45) is 0. The molecule has 0 bridgehead atoms. The quantitative estimate of drug-likeness (QED) is 0.596. The predicted octanol–water partition coefficient (Wildman–Crippen LogP) is 4.52. The monoisotopic (exact) mass is 395 g/mol. The van der Waals surface area contributed by atoms with Gasteiger partial charge in [-0.25, -0.2) is 4.21 Å². The van der Waals surface area contributed by atoms with Gasteiger partial charge in [0.15, 0.2) is 0 Å². The van der Waals surface area contributed by atoms with Crippen LogP contribution in [-0.4, -0.2) is 18.1 Å². The van der Waals surface area contributed by atoms with E-state index in [1.54, 1.807) is 0 Å². The van der Waals surface area contributed by atoms with Gasteiger partial charge in [-0.15, -0.1) is 0 Å². The Balaban J connectivity index is 1.67. The van der Waals surface area contributed by atoms with Crippen molar-refractivity contribution in [3.8, 4) is 0 Å². The normalized spacial score (nSPS) is 23.6. The summed E-state index contributed by atoms with van der Waals surface area (Å²) < 4.78 is 28.3. The Hall–Kier alpha value is -2.08. The first-order chi connectivity index (χ1) is 13.1. The van der Waals surface area contributed by atoms with Crippen molar-refractivity contribution in [2.24, 2.45) is 0 Å². The summed E-state index contributed by atoms with van der Waals surface area (Å²) in [5, 5.41) is -0.294. The van der Waals surface area contributed by atoms with Gasteiger partial charge in [0, 0.05) is 4.90 Å². The first kappa shape index (κ1) is 18.3. The smallest absolute Gasteiger partial charge is 0.129 e. The van der Waals surface area contributed by atoms with E-state index in [9.17, 15) is 8.42 Å². The standard InChI is InChI=1S/C22H21NO2S2/c1-16-8-12-19(13-9-16)26(24)22-21(18-6-4-3-5-7-18)23(22)27(25)20-14-10-17(2)11-15-20/h3-15,21-22H,1-2H3/t21-,22+,23?,26?,27?/m1/s1. The topological polar surface area (TPSA) is 37.1 Å². The molecule has 3 unspecified atom stereocenters. The maximum Gasteiger partial charge on any atom is 0.129 e. The number of hydrogen-bond acceptors (Lipinski definition) is 2. The molecule has 0 spiro atoms. The zero-order chi connectivity index (χ0) is 19.0. The van der Waals surface area contributed by atoms with E-state index >= 15 is 0 Å². The summed E-state index contributed by atoms with van der Waals surface area (Å²) in [6, 6.07) is 25.2. The molecule has 5 heteroatoms. The van der Waals surface area contributed by atoms with Gasteiger partial charge in [0.25, 0.3) is 0 Å². The van der Waals surface area contributed by atoms with Gasteiger partial charge in [-0.1, -0.05) is 65.7 Å². The zero-order valence-corrected chi connectivity index (χ0v) is 16.9. The second-order valence-corrected chi connectivity index (χ2v) is 9.72. The van der Waals surface area contributed by atoms with Gasteiger partial charge < -0.3 is 0 Å². The van der Waals surface area contributed by atoms with Crippen LogP contribution in [0.5, 0.6) is 0 Å². The molecule has 5 atom stereocenters. The van der Waals surface area contributed by atoms with Gasteiger partial charge in [-0.2, -0.15) is 4.31 Å². The summed E-state index contributed by atoms with van der Waals surface area (Å²) in [5.41, 5.74) is 3.30. The molecule has 4 rings (SSSR count). The van der Waals surface area contributed by atoms with E-state index in [0.717, 1.165) is 26.5 Å². The molecule has 138 valence electrons. The third-order valence-electron chi connectivity index (χ3n) is 4.73. The lowest BCUT2D eigenvalue weighted by Crippen LogP contribution is -2.11. The van der Waals surface area contributed by atoms with Gasteiger partial charge >= 0.3 is 0 Å². The fraction of sp³-hybridized carbons (Fsp3) is 0.182. The van der Waals surface area contributed by atoms with Crippen LogP contribution in [0.3, 0.4) is 0 Å². The number of rotatable bonds is 5. The third-order valence-corrected chi connectivity index (χ3v) is 8.04.